The molecule has 2 aromatic heterocycles. The Balaban J connectivity index is 1.64. The minimum Gasteiger partial charge on any atom is -0.383 e. The average molecular weight is 335 g/mol. The monoisotopic (exact) mass is 335 g/mol. The highest BCUT2D eigenvalue weighted by molar-refractivity contribution is 5.93. The lowest BCUT2D eigenvalue weighted by Gasteiger charge is -2.10. The molecule has 6 heteroatoms. The predicted molar refractivity (Wildman–Crippen MR) is 98.5 cm³/mol. The zero-order valence-electron chi connectivity index (χ0n) is 14.4. The van der Waals surface area contributed by atoms with E-state index in [9.17, 15) is 4.79 Å². The SMILES string of the molecule is CC(C)Nc1ccc(-c2cccn3nc(NC(=O)C4CC4)nc23)cc1. The summed E-state index contributed by atoms with van der Waals surface area (Å²) in [5.41, 5.74) is 3.87. The molecule has 1 aliphatic rings. The highest BCUT2D eigenvalue weighted by Crippen LogP contribution is 2.30. The first-order valence-electron chi connectivity index (χ1n) is 8.63. The summed E-state index contributed by atoms with van der Waals surface area (Å²) >= 11 is 0. The molecule has 0 radical (unpaired) electrons. The number of nitrogens with zero attached hydrogens (tertiary/aromatic N) is 3. The van der Waals surface area contributed by atoms with Gasteiger partial charge in [0.05, 0.1) is 0 Å². The fourth-order valence-electron chi connectivity index (χ4n) is 2.82. The molecule has 1 aromatic carbocycles. The van der Waals surface area contributed by atoms with Gasteiger partial charge in [0.1, 0.15) is 0 Å². The van der Waals surface area contributed by atoms with Crippen molar-refractivity contribution < 1.29 is 4.79 Å². The van der Waals surface area contributed by atoms with Crippen molar-refractivity contribution in [3.05, 3.63) is 42.6 Å². The van der Waals surface area contributed by atoms with Crippen molar-refractivity contribution in [3.63, 3.8) is 0 Å². The van der Waals surface area contributed by atoms with Gasteiger partial charge in [0.15, 0.2) is 5.65 Å². The van der Waals surface area contributed by atoms with Crippen LogP contribution in [-0.2, 0) is 4.79 Å². The number of amides is 1. The second kappa shape index (κ2) is 6.20. The molecule has 2 heterocycles. The summed E-state index contributed by atoms with van der Waals surface area (Å²) in [5.74, 6) is 0.510. The molecule has 0 bridgehead atoms. The summed E-state index contributed by atoms with van der Waals surface area (Å²) in [7, 11) is 0. The number of carbonyl (C=O) groups excluding carboxylic acids is 1. The van der Waals surface area contributed by atoms with Crippen LogP contribution in [0.25, 0.3) is 16.8 Å². The highest BCUT2D eigenvalue weighted by atomic mass is 16.2. The van der Waals surface area contributed by atoms with E-state index in [-0.39, 0.29) is 11.8 Å². The number of carbonyl (C=O) groups is 1. The van der Waals surface area contributed by atoms with Gasteiger partial charge in [0.25, 0.3) is 0 Å². The fourth-order valence-corrected chi connectivity index (χ4v) is 2.82. The zero-order chi connectivity index (χ0) is 17.4. The number of pyridine rings is 1. The van der Waals surface area contributed by atoms with Crippen LogP contribution in [0.1, 0.15) is 26.7 Å². The van der Waals surface area contributed by atoms with Crippen LogP contribution in [0.5, 0.6) is 0 Å². The molecule has 1 fully saturated rings. The molecule has 128 valence electrons. The zero-order valence-corrected chi connectivity index (χ0v) is 14.4. The van der Waals surface area contributed by atoms with E-state index in [1.165, 1.54) is 0 Å². The molecular formula is C19H21N5O. The molecule has 0 aliphatic heterocycles. The van der Waals surface area contributed by atoms with Crippen molar-refractivity contribution in [2.24, 2.45) is 5.92 Å². The molecule has 0 spiro atoms. The number of aromatic nitrogens is 3. The Morgan fingerprint density at radius 2 is 1.96 bits per heavy atom. The smallest absolute Gasteiger partial charge is 0.249 e. The minimum atomic E-state index is 0.0153. The number of nitrogens with one attached hydrogen (secondary N) is 2. The maximum absolute atomic E-state index is 11.9. The Labute approximate surface area is 146 Å². The molecule has 25 heavy (non-hydrogen) atoms. The first-order valence-corrected chi connectivity index (χ1v) is 8.63. The van der Waals surface area contributed by atoms with Gasteiger partial charge in [-0.25, -0.2) is 4.52 Å². The fraction of sp³-hybridized carbons (Fsp3) is 0.316. The molecule has 0 unspecified atom stereocenters. The Kier molecular flexibility index (Phi) is 3.87. The van der Waals surface area contributed by atoms with E-state index in [1.807, 2.05) is 18.3 Å². The van der Waals surface area contributed by atoms with Crippen LogP contribution in [0.15, 0.2) is 42.6 Å². The van der Waals surface area contributed by atoms with Crippen LogP contribution in [0.2, 0.25) is 0 Å². The largest absolute Gasteiger partial charge is 0.383 e. The van der Waals surface area contributed by atoms with Crippen LogP contribution in [-0.4, -0.2) is 26.5 Å². The van der Waals surface area contributed by atoms with E-state index >= 15 is 0 Å². The summed E-state index contributed by atoms with van der Waals surface area (Å²) < 4.78 is 1.71. The molecule has 0 saturated heterocycles. The second-order valence-electron chi connectivity index (χ2n) is 6.77. The van der Waals surface area contributed by atoms with Gasteiger partial charge in [-0.1, -0.05) is 12.1 Å². The standard InChI is InChI=1S/C19H21N5O/c1-12(2)20-15-9-7-13(8-10-15)16-4-3-11-24-17(16)21-19(23-24)22-18(25)14-5-6-14/h3-4,7-12,14,20H,5-6H2,1-2H3,(H,22,23,25). The van der Waals surface area contributed by atoms with E-state index in [0.717, 1.165) is 35.3 Å². The summed E-state index contributed by atoms with van der Waals surface area (Å²) in [6.45, 7) is 4.23. The van der Waals surface area contributed by atoms with E-state index in [1.54, 1.807) is 4.52 Å². The van der Waals surface area contributed by atoms with Gasteiger partial charge < -0.3 is 5.32 Å². The van der Waals surface area contributed by atoms with Crippen molar-refractivity contribution in [2.45, 2.75) is 32.7 Å². The molecule has 1 saturated carbocycles. The van der Waals surface area contributed by atoms with Crippen molar-refractivity contribution in [1.29, 1.82) is 0 Å². The third kappa shape index (κ3) is 3.33. The third-order valence-electron chi connectivity index (χ3n) is 4.20. The molecule has 0 atom stereocenters. The van der Waals surface area contributed by atoms with Gasteiger partial charge in [0.2, 0.25) is 11.9 Å². The Bertz CT molecular complexity index is 909. The van der Waals surface area contributed by atoms with Gasteiger partial charge in [-0.2, -0.15) is 4.98 Å². The van der Waals surface area contributed by atoms with Crippen molar-refractivity contribution in [3.8, 4) is 11.1 Å². The quantitative estimate of drug-likeness (QED) is 0.748. The summed E-state index contributed by atoms with van der Waals surface area (Å²) in [6.07, 6.45) is 3.76. The number of anilines is 2. The lowest BCUT2D eigenvalue weighted by atomic mass is 10.1. The number of hydrogen-bond acceptors (Lipinski definition) is 4. The first kappa shape index (κ1) is 15.6. The second-order valence-corrected chi connectivity index (χ2v) is 6.77. The molecular weight excluding hydrogens is 314 g/mol. The van der Waals surface area contributed by atoms with Crippen molar-refractivity contribution in [1.82, 2.24) is 14.6 Å². The predicted octanol–water partition coefficient (Wildman–Crippen LogP) is 3.57. The number of benzene rings is 1. The van der Waals surface area contributed by atoms with Gasteiger partial charge in [0, 0.05) is 29.4 Å². The third-order valence-corrected chi connectivity index (χ3v) is 4.20. The highest BCUT2D eigenvalue weighted by Gasteiger charge is 2.30. The topological polar surface area (TPSA) is 71.3 Å². The maximum Gasteiger partial charge on any atom is 0.249 e. The molecule has 1 aliphatic carbocycles. The summed E-state index contributed by atoms with van der Waals surface area (Å²) in [4.78, 5) is 16.4. The van der Waals surface area contributed by atoms with Crippen molar-refractivity contribution >= 4 is 23.2 Å². The lowest BCUT2D eigenvalue weighted by molar-refractivity contribution is -0.117. The Morgan fingerprint density at radius 1 is 1.20 bits per heavy atom. The van der Waals surface area contributed by atoms with Gasteiger partial charge in [-0.3, -0.25) is 10.1 Å². The van der Waals surface area contributed by atoms with E-state index < -0.39 is 0 Å². The minimum absolute atomic E-state index is 0.0153. The van der Waals surface area contributed by atoms with E-state index in [0.29, 0.717) is 12.0 Å². The Hall–Kier alpha value is -2.89. The number of hydrogen-bond donors (Lipinski definition) is 2. The van der Waals surface area contributed by atoms with Crippen LogP contribution in [0.3, 0.4) is 0 Å². The summed E-state index contributed by atoms with van der Waals surface area (Å²) in [6, 6.07) is 12.6. The molecule has 4 rings (SSSR count). The van der Waals surface area contributed by atoms with Crippen LogP contribution >= 0.6 is 0 Å². The molecule has 1 amide bonds. The lowest BCUT2D eigenvalue weighted by Crippen LogP contribution is -2.14. The first-order chi connectivity index (χ1) is 12.1. The normalized spacial score (nSPS) is 14.0. The summed E-state index contributed by atoms with van der Waals surface area (Å²) in [5, 5.41) is 10.6. The van der Waals surface area contributed by atoms with Crippen LogP contribution in [0, 0.1) is 5.92 Å². The maximum atomic E-state index is 11.9. The molecule has 3 aromatic rings. The van der Waals surface area contributed by atoms with Gasteiger partial charge in [-0.15, -0.1) is 5.10 Å². The number of fused-ring (bicyclic) bond motifs is 1. The Morgan fingerprint density at radius 3 is 2.64 bits per heavy atom. The average Bonchev–Trinajstić information content (AvgIpc) is 3.35. The van der Waals surface area contributed by atoms with E-state index in [4.69, 9.17) is 0 Å². The van der Waals surface area contributed by atoms with Gasteiger partial charge in [-0.05, 0) is 56.5 Å². The molecule has 6 nitrogen and oxygen atoms in total. The van der Waals surface area contributed by atoms with Crippen LogP contribution < -0.4 is 10.6 Å². The van der Waals surface area contributed by atoms with E-state index in [2.05, 4.69) is 58.8 Å². The van der Waals surface area contributed by atoms with Crippen LogP contribution in [0.4, 0.5) is 11.6 Å². The van der Waals surface area contributed by atoms with Crippen molar-refractivity contribution in [2.75, 3.05) is 10.6 Å². The molecule has 2 N–H and O–H groups in total. The van der Waals surface area contributed by atoms with Gasteiger partial charge >= 0.3 is 0 Å². The number of rotatable bonds is 5.